The first-order valence-corrected chi connectivity index (χ1v) is 5.54. The molecule has 0 N–H and O–H groups in total. The Balaban J connectivity index is 2.57. The number of hydrogen-bond donors (Lipinski definition) is 0. The number of hydrogen-bond acceptors (Lipinski definition) is 3. The Bertz CT molecular complexity index is 568. The third-order valence-electron chi connectivity index (χ3n) is 2.57. The number of pyridine rings is 2. The minimum atomic E-state index is 0.352. The van der Waals surface area contributed by atoms with E-state index >= 15 is 0 Å². The molecule has 3 nitrogen and oxygen atoms in total. The summed E-state index contributed by atoms with van der Waals surface area (Å²) in [6.45, 7) is 4.22. The highest BCUT2D eigenvalue weighted by atomic mass is 14.7. The van der Waals surface area contributed by atoms with Gasteiger partial charge in [-0.3, -0.25) is 4.98 Å². The van der Waals surface area contributed by atoms with Gasteiger partial charge in [0, 0.05) is 18.0 Å². The molecule has 0 atom stereocenters. The van der Waals surface area contributed by atoms with Gasteiger partial charge >= 0.3 is 0 Å². The molecule has 0 aliphatic heterocycles. The molecule has 2 heterocycles. The van der Waals surface area contributed by atoms with Crippen LogP contribution in [0.25, 0.3) is 11.1 Å². The Morgan fingerprint density at radius 2 is 2.00 bits per heavy atom. The highest BCUT2D eigenvalue weighted by Crippen LogP contribution is 2.27. The van der Waals surface area contributed by atoms with Gasteiger partial charge in [-0.1, -0.05) is 19.9 Å². The van der Waals surface area contributed by atoms with E-state index in [-0.39, 0.29) is 0 Å². The first-order chi connectivity index (χ1) is 8.22. The molecule has 0 spiro atoms. The van der Waals surface area contributed by atoms with Gasteiger partial charge in [0.1, 0.15) is 11.8 Å². The van der Waals surface area contributed by atoms with Gasteiger partial charge in [-0.05, 0) is 29.7 Å². The van der Waals surface area contributed by atoms with Gasteiger partial charge in [-0.15, -0.1) is 0 Å². The maximum absolute atomic E-state index is 8.86. The van der Waals surface area contributed by atoms with E-state index < -0.39 is 0 Å². The lowest BCUT2D eigenvalue weighted by Gasteiger charge is -2.11. The molecule has 17 heavy (non-hydrogen) atoms. The lowest BCUT2D eigenvalue weighted by atomic mass is 9.98. The van der Waals surface area contributed by atoms with Crippen molar-refractivity contribution in [1.29, 1.82) is 5.26 Å². The summed E-state index contributed by atoms with van der Waals surface area (Å²) in [5.74, 6) is 0.352. The molecular weight excluding hydrogens is 210 g/mol. The van der Waals surface area contributed by atoms with Crippen molar-refractivity contribution < 1.29 is 0 Å². The van der Waals surface area contributed by atoms with Gasteiger partial charge in [0.15, 0.2) is 0 Å². The summed E-state index contributed by atoms with van der Waals surface area (Å²) in [4.78, 5) is 8.38. The van der Waals surface area contributed by atoms with E-state index in [1.165, 1.54) is 0 Å². The predicted molar refractivity (Wildman–Crippen MR) is 66.3 cm³/mol. The Morgan fingerprint density at radius 1 is 1.18 bits per heavy atom. The van der Waals surface area contributed by atoms with Crippen LogP contribution in [-0.4, -0.2) is 9.97 Å². The molecule has 2 aromatic heterocycles. The zero-order valence-corrected chi connectivity index (χ0v) is 9.88. The normalized spacial score (nSPS) is 10.2. The Morgan fingerprint density at radius 3 is 2.71 bits per heavy atom. The number of nitriles is 1. The van der Waals surface area contributed by atoms with E-state index in [0.717, 1.165) is 16.8 Å². The van der Waals surface area contributed by atoms with Gasteiger partial charge in [0.2, 0.25) is 0 Å². The summed E-state index contributed by atoms with van der Waals surface area (Å²) in [5, 5.41) is 8.86. The summed E-state index contributed by atoms with van der Waals surface area (Å²) >= 11 is 0. The fourth-order valence-corrected chi connectivity index (χ4v) is 1.78. The zero-order valence-electron chi connectivity index (χ0n) is 9.88. The third-order valence-corrected chi connectivity index (χ3v) is 2.57. The van der Waals surface area contributed by atoms with Gasteiger partial charge in [0.05, 0.1) is 5.69 Å². The Labute approximate surface area is 101 Å². The van der Waals surface area contributed by atoms with Crippen LogP contribution >= 0.6 is 0 Å². The fraction of sp³-hybridized carbons (Fsp3) is 0.214. The Hall–Kier alpha value is -2.21. The molecule has 0 saturated carbocycles. The smallest absolute Gasteiger partial charge is 0.141 e. The molecule has 0 amide bonds. The van der Waals surface area contributed by atoms with Crippen LogP contribution in [0.1, 0.15) is 31.2 Å². The van der Waals surface area contributed by atoms with Crippen molar-refractivity contribution in [2.75, 3.05) is 0 Å². The van der Waals surface area contributed by atoms with Crippen molar-refractivity contribution in [2.24, 2.45) is 0 Å². The van der Waals surface area contributed by atoms with Crippen molar-refractivity contribution >= 4 is 0 Å². The van der Waals surface area contributed by atoms with Crippen LogP contribution in [0.5, 0.6) is 0 Å². The first kappa shape index (κ1) is 11.3. The van der Waals surface area contributed by atoms with Crippen molar-refractivity contribution in [3.8, 4) is 17.2 Å². The highest BCUT2D eigenvalue weighted by Gasteiger charge is 2.09. The molecular formula is C14H13N3. The minimum Gasteiger partial charge on any atom is -0.260 e. The first-order valence-electron chi connectivity index (χ1n) is 5.54. The molecule has 0 aliphatic rings. The van der Waals surface area contributed by atoms with Crippen LogP contribution in [0.15, 0.2) is 36.7 Å². The quantitative estimate of drug-likeness (QED) is 0.785. The average Bonchev–Trinajstić information content (AvgIpc) is 2.39. The van der Waals surface area contributed by atoms with Crippen molar-refractivity contribution in [1.82, 2.24) is 9.97 Å². The molecule has 2 aromatic rings. The second-order valence-corrected chi connectivity index (χ2v) is 4.13. The monoisotopic (exact) mass is 223 g/mol. The summed E-state index contributed by atoms with van der Waals surface area (Å²) in [7, 11) is 0. The van der Waals surface area contributed by atoms with Gasteiger partial charge < -0.3 is 0 Å². The number of aromatic nitrogens is 2. The van der Waals surface area contributed by atoms with E-state index in [1.807, 2.05) is 18.2 Å². The largest absolute Gasteiger partial charge is 0.260 e. The van der Waals surface area contributed by atoms with E-state index in [4.69, 9.17) is 5.26 Å². The maximum atomic E-state index is 8.86. The van der Waals surface area contributed by atoms with Crippen molar-refractivity contribution in [3.63, 3.8) is 0 Å². The fourth-order valence-electron chi connectivity index (χ4n) is 1.78. The standard InChI is InChI=1S/C14H13N3/c1-10(2)14-13(4-3-6-17-14)11-5-7-16-12(8-11)9-15/h3-8,10H,1-2H3. The van der Waals surface area contributed by atoms with Crippen LogP contribution in [0.3, 0.4) is 0 Å². The summed E-state index contributed by atoms with van der Waals surface area (Å²) < 4.78 is 0. The molecule has 2 rings (SSSR count). The van der Waals surface area contributed by atoms with Crippen LogP contribution in [0.4, 0.5) is 0 Å². The zero-order chi connectivity index (χ0) is 12.3. The molecule has 0 aromatic carbocycles. The second-order valence-electron chi connectivity index (χ2n) is 4.13. The lowest BCUT2D eigenvalue weighted by Crippen LogP contribution is -1.96. The third kappa shape index (κ3) is 2.31. The number of rotatable bonds is 2. The second kappa shape index (κ2) is 4.75. The summed E-state index contributed by atoms with van der Waals surface area (Å²) in [5.41, 5.74) is 3.54. The predicted octanol–water partition coefficient (Wildman–Crippen LogP) is 3.14. The SMILES string of the molecule is CC(C)c1ncccc1-c1ccnc(C#N)c1. The van der Waals surface area contributed by atoms with E-state index in [1.54, 1.807) is 18.5 Å². The summed E-state index contributed by atoms with van der Waals surface area (Å²) in [6.07, 6.45) is 3.45. The van der Waals surface area contributed by atoms with E-state index in [9.17, 15) is 0 Å². The van der Waals surface area contributed by atoms with Crippen LogP contribution in [0, 0.1) is 11.3 Å². The minimum absolute atomic E-state index is 0.352. The summed E-state index contributed by atoms with van der Waals surface area (Å²) in [6, 6.07) is 9.69. The lowest BCUT2D eigenvalue weighted by molar-refractivity contribution is 0.825. The van der Waals surface area contributed by atoms with Gasteiger partial charge in [0.25, 0.3) is 0 Å². The van der Waals surface area contributed by atoms with Crippen LogP contribution in [-0.2, 0) is 0 Å². The van der Waals surface area contributed by atoms with Crippen LogP contribution < -0.4 is 0 Å². The molecule has 0 bridgehead atoms. The molecule has 84 valence electrons. The van der Waals surface area contributed by atoms with Gasteiger partial charge in [-0.25, -0.2) is 4.98 Å². The van der Waals surface area contributed by atoms with Crippen LogP contribution in [0.2, 0.25) is 0 Å². The number of nitrogens with zero attached hydrogens (tertiary/aromatic N) is 3. The van der Waals surface area contributed by atoms with Gasteiger partial charge in [-0.2, -0.15) is 5.26 Å². The molecule has 0 fully saturated rings. The molecule has 0 unspecified atom stereocenters. The van der Waals surface area contributed by atoms with E-state index in [0.29, 0.717) is 11.6 Å². The molecule has 3 heteroatoms. The molecule has 0 saturated heterocycles. The Kier molecular flexibility index (Phi) is 3.15. The van der Waals surface area contributed by atoms with Crippen molar-refractivity contribution in [3.05, 3.63) is 48.0 Å². The molecule has 0 radical (unpaired) electrons. The highest BCUT2D eigenvalue weighted by molar-refractivity contribution is 5.66. The topological polar surface area (TPSA) is 49.6 Å². The van der Waals surface area contributed by atoms with E-state index in [2.05, 4.69) is 29.9 Å². The average molecular weight is 223 g/mol. The maximum Gasteiger partial charge on any atom is 0.141 e. The molecule has 0 aliphatic carbocycles. The van der Waals surface area contributed by atoms with Crippen molar-refractivity contribution in [2.45, 2.75) is 19.8 Å².